The molecule has 4 atom stereocenters. The van der Waals surface area contributed by atoms with Crippen molar-refractivity contribution in [2.24, 2.45) is 0 Å². The zero-order chi connectivity index (χ0) is 17.8. The summed E-state index contributed by atoms with van der Waals surface area (Å²) in [6.45, 7) is 8.53. The van der Waals surface area contributed by atoms with Crippen LogP contribution < -0.4 is 15.5 Å². The number of ether oxygens (including phenoxy) is 2. The van der Waals surface area contributed by atoms with E-state index >= 15 is 0 Å². The fourth-order valence-corrected chi connectivity index (χ4v) is 3.48. The first-order valence-electron chi connectivity index (χ1n) is 9.07. The van der Waals surface area contributed by atoms with Gasteiger partial charge < -0.3 is 25.0 Å². The van der Waals surface area contributed by atoms with E-state index in [9.17, 15) is 4.79 Å². The molecule has 2 N–H and O–H groups in total. The van der Waals surface area contributed by atoms with Gasteiger partial charge in [0.25, 0.3) is 0 Å². The summed E-state index contributed by atoms with van der Waals surface area (Å²) in [6.07, 6.45) is 4.23. The van der Waals surface area contributed by atoms with Crippen molar-refractivity contribution in [3.8, 4) is 0 Å². The van der Waals surface area contributed by atoms with Crippen LogP contribution >= 0.6 is 0 Å². The summed E-state index contributed by atoms with van der Waals surface area (Å²) < 4.78 is 11.3. The molecule has 2 aliphatic heterocycles. The Balaban J connectivity index is 1.52. The van der Waals surface area contributed by atoms with Crippen molar-refractivity contribution in [1.82, 2.24) is 10.3 Å². The van der Waals surface area contributed by atoms with E-state index in [4.69, 9.17) is 9.47 Å². The van der Waals surface area contributed by atoms with Gasteiger partial charge in [0, 0.05) is 19.7 Å². The quantitative estimate of drug-likeness (QED) is 0.874. The van der Waals surface area contributed by atoms with Crippen LogP contribution in [-0.2, 0) is 9.47 Å². The van der Waals surface area contributed by atoms with Gasteiger partial charge in [0.05, 0.1) is 36.2 Å². The van der Waals surface area contributed by atoms with E-state index in [0.29, 0.717) is 5.69 Å². The lowest BCUT2D eigenvalue weighted by molar-refractivity contribution is -0.00545. The van der Waals surface area contributed by atoms with Gasteiger partial charge in [-0.2, -0.15) is 0 Å². The minimum Gasteiger partial charge on any atom is -0.376 e. The highest BCUT2D eigenvalue weighted by molar-refractivity contribution is 5.89. The highest BCUT2D eigenvalue weighted by atomic mass is 16.5. The van der Waals surface area contributed by atoms with Gasteiger partial charge in [0.1, 0.15) is 5.82 Å². The van der Waals surface area contributed by atoms with Gasteiger partial charge in [-0.15, -0.1) is 0 Å². The van der Waals surface area contributed by atoms with Crippen LogP contribution in [0.4, 0.5) is 16.3 Å². The summed E-state index contributed by atoms with van der Waals surface area (Å²) in [7, 11) is 0. The minimum absolute atomic E-state index is 0.00828. The van der Waals surface area contributed by atoms with Crippen molar-refractivity contribution in [1.29, 1.82) is 0 Å². The Morgan fingerprint density at radius 3 is 2.68 bits per heavy atom. The van der Waals surface area contributed by atoms with Gasteiger partial charge in [0.2, 0.25) is 0 Å². The smallest absolute Gasteiger partial charge is 0.319 e. The summed E-state index contributed by atoms with van der Waals surface area (Å²) in [5, 5.41) is 5.76. The molecule has 3 rings (SSSR count). The zero-order valence-electron chi connectivity index (χ0n) is 15.2. The van der Waals surface area contributed by atoms with Crippen LogP contribution in [0.1, 0.15) is 33.6 Å². The van der Waals surface area contributed by atoms with Crippen molar-refractivity contribution in [3.05, 3.63) is 18.3 Å². The summed E-state index contributed by atoms with van der Waals surface area (Å²) in [5.74, 6) is 0.903. The first-order chi connectivity index (χ1) is 12.0. The number of hydrogen-bond acceptors (Lipinski definition) is 5. The molecule has 1 aromatic rings. The molecule has 0 saturated carbocycles. The Hall–Kier alpha value is -1.86. The maximum absolute atomic E-state index is 12.1. The van der Waals surface area contributed by atoms with E-state index in [1.165, 1.54) is 0 Å². The number of nitrogens with zero attached hydrogens (tertiary/aromatic N) is 2. The Bertz CT molecular complexity index is 564. The normalized spacial score (nSPS) is 27.8. The molecular weight excluding hydrogens is 320 g/mol. The third-order valence-corrected chi connectivity index (χ3v) is 4.63. The molecule has 2 amide bonds. The second kappa shape index (κ2) is 8.01. The van der Waals surface area contributed by atoms with E-state index in [1.54, 1.807) is 6.20 Å². The second-order valence-electron chi connectivity index (χ2n) is 7.01. The summed E-state index contributed by atoms with van der Waals surface area (Å²) in [6, 6.07) is 3.57. The van der Waals surface area contributed by atoms with Gasteiger partial charge >= 0.3 is 6.03 Å². The molecule has 0 bridgehead atoms. The van der Waals surface area contributed by atoms with Gasteiger partial charge in [-0.3, -0.25) is 0 Å². The largest absolute Gasteiger partial charge is 0.376 e. The molecular formula is C18H28N4O3. The van der Waals surface area contributed by atoms with Crippen LogP contribution in [-0.4, -0.2) is 55.1 Å². The molecule has 3 heterocycles. The van der Waals surface area contributed by atoms with Crippen LogP contribution in [0.2, 0.25) is 0 Å². The average molecular weight is 348 g/mol. The fourth-order valence-electron chi connectivity index (χ4n) is 3.48. The zero-order valence-corrected chi connectivity index (χ0v) is 15.2. The summed E-state index contributed by atoms with van der Waals surface area (Å²) in [4.78, 5) is 18.8. The van der Waals surface area contributed by atoms with Crippen LogP contribution in [0, 0.1) is 0 Å². The van der Waals surface area contributed by atoms with E-state index in [-0.39, 0.29) is 30.4 Å². The molecule has 25 heavy (non-hydrogen) atoms. The molecule has 2 fully saturated rings. The minimum atomic E-state index is -0.230. The number of aromatic nitrogens is 1. The van der Waals surface area contributed by atoms with E-state index in [2.05, 4.69) is 34.4 Å². The van der Waals surface area contributed by atoms with Crippen molar-refractivity contribution in [3.63, 3.8) is 0 Å². The topological polar surface area (TPSA) is 75.7 Å². The SMILES string of the molecule is C[C@@H]1CN(c2ccc(NC(=O)N[C@H](C)[C@@H]3CCCO3)cn2)C[C@H](C)O1. The maximum atomic E-state index is 12.1. The Labute approximate surface area is 149 Å². The predicted octanol–water partition coefficient (Wildman–Crippen LogP) is 2.38. The van der Waals surface area contributed by atoms with Crippen molar-refractivity contribution < 1.29 is 14.3 Å². The molecule has 0 radical (unpaired) electrons. The molecule has 138 valence electrons. The third-order valence-electron chi connectivity index (χ3n) is 4.63. The summed E-state index contributed by atoms with van der Waals surface area (Å²) >= 11 is 0. The lowest BCUT2D eigenvalue weighted by Crippen LogP contribution is -2.45. The van der Waals surface area contributed by atoms with Gasteiger partial charge in [-0.05, 0) is 45.7 Å². The molecule has 0 unspecified atom stereocenters. The number of pyridine rings is 1. The molecule has 7 nitrogen and oxygen atoms in total. The van der Waals surface area contributed by atoms with Crippen molar-refractivity contribution >= 4 is 17.5 Å². The number of nitrogens with one attached hydrogen (secondary N) is 2. The second-order valence-corrected chi connectivity index (χ2v) is 7.01. The maximum Gasteiger partial charge on any atom is 0.319 e. The highest BCUT2D eigenvalue weighted by Gasteiger charge is 2.24. The van der Waals surface area contributed by atoms with Crippen molar-refractivity contribution in [2.45, 2.75) is 58.0 Å². The molecule has 0 spiro atoms. The number of morpholine rings is 1. The third kappa shape index (κ3) is 4.83. The van der Waals surface area contributed by atoms with E-state index in [0.717, 1.165) is 38.4 Å². The molecule has 1 aromatic heterocycles. The van der Waals surface area contributed by atoms with Crippen LogP contribution in [0.25, 0.3) is 0 Å². The Morgan fingerprint density at radius 1 is 1.32 bits per heavy atom. The highest BCUT2D eigenvalue weighted by Crippen LogP contribution is 2.20. The van der Waals surface area contributed by atoms with Gasteiger partial charge in [-0.1, -0.05) is 0 Å². The molecule has 0 aromatic carbocycles. The predicted molar refractivity (Wildman–Crippen MR) is 97.0 cm³/mol. The Kier molecular flexibility index (Phi) is 5.75. The van der Waals surface area contributed by atoms with Crippen LogP contribution in [0.15, 0.2) is 18.3 Å². The number of carbonyl (C=O) groups excluding carboxylic acids is 1. The molecule has 2 aliphatic rings. The number of hydrogen-bond donors (Lipinski definition) is 2. The number of urea groups is 1. The first-order valence-corrected chi connectivity index (χ1v) is 9.07. The number of rotatable bonds is 4. The standard InChI is InChI=1S/C18H28N4O3/c1-12-10-22(11-13(2)25-12)17-7-6-15(9-19-17)21-18(23)20-14(3)16-5-4-8-24-16/h6-7,9,12-14,16H,4-5,8,10-11H2,1-3H3,(H2,20,21,23)/t12-,13+,14-,16+/m1/s1. The lowest BCUT2D eigenvalue weighted by Gasteiger charge is -2.36. The average Bonchev–Trinajstić information content (AvgIpc) is 3.09. The van der Waals surface area contributed by atoms with E-state index in [1.807, 2.05) is 19.1 Å². The van der Waals surface area contributed by atoms with E-state index < -0.39 is 0 Å². The van der Waals surface area contributed by atoms with Crippen LogP contribution in [0.5, 0.6) is 0 Å². The summed E-state index contributed by atoms with van der Waals surface area (Å²) in [5.41, 5.74) is 0.676. The monoisotopic (exact) mass is 348 g/mol. The lowest BCUT2D eigenvalue weighted by atomic mass is 10.1. The fraction of sp³-hybridized carbons (Fsp3) is 0.667. The van der Waals surface area contributed by atoms with Gasteiger partial charge in [0.15, 0.2) is 0 Å². The van der Waals surface area contributed by atoms with Crippen LogP contribution in [0.3, 0.4) is 0 Å². The molecule has 7 heteroatoms. The van der Waals surface area contributed by atoms with Gasteiger partial charge in [-0.25, -0.2) is 9.78 Å². The first kappa shape index (κ1) is 17.9. The molecule has 0 aliphatic carbocycles. The number of anilines is 2. The molecule has 2 saturated heterocycles. The van der Waals surface area contributed by atoms with Crippen molar-refractivity contribution in [2.75, 3.05) is 29.9 Å². The number of carbonyl (C=O) groups is 1. The number of amides is 2. The Morgan fingerprint density at radius 2 is 2.08 bits per heavy atom.